The molecule has 1 aliphatic heterocycles. The van der Waals surface area contributed by atoms with Crippen LogP contribution in [0.4, 0.5) is 0 Å². The number of carbonyl (C=O) groups excluding carboxylic acids is 3. The van der Waals surface area contributed by atoms with Gasteiger partial charge in [-0.15, -0.1) is 0 Å². The summed E-state index contributed by atoms with van der Waals surface area (Å²) in [5, 5.41) is 10.8. The van der Waals surface area contributed by atoms with E-state index in [4.69, 9.17) is 5.11 Å². The molecule has 0 saturated carbocycles. The monoisotopic (exact) mass is 272 g/mol. The third kappa shape index (κ3) is 3.02. The number of hydrogen-bond acceptors (Lipinski definition) is 4. The summed E-state index contributed by atoms with van der Waals surface area (Å²) in [6, 6.07) is 6.60. The average molecular weight is 272 g/mol. The van der Waals surface area contributed by atoms with E-state index in [0.717, 1.165) is 0 Å². The topological polar surface area (TPSA) is 86.7 Å². The number of piperazine rings is 1. The lowest BCUT2D eigenvalue weighted by Crippen LogP contribution is -2.53. The zero-order valence-electron chi connectivity index (χ0n) is 10.5. The van der Waals surface area contributed by atoms with E-state index in [9.17, 15) is 14.4 Å². The number of aliphatic hydroxyl groups is 1. The van der Waals surface area contributed by atoms with Crippen LogP contribution in [-0.2, 0) is 9.59 Å². The number of nitrogens with one attached hydrogen (secondary N) is 1. The molecule has 20 heavy (non-hydrogen) atoms. The van der Waals surface area contributed by atoms with Gasteiger partial charge in [0.15, 0.2) is 0 Å². The summed E-state index contributed by atoms with van der Waals surface area (Å²) in [7, 11) is 0. The molecule has 6 heteroatoms. The van der Waals surface area contributed by atoms with Gasteiger partial charge in [0.1, 0.15) is 19.7 Å². The van der Waals surface area contributed by atoms with E-state index < -0.39 is 17.7 Å². The van der Waals surface area contributed by atoms with E-state index in [0.29, 0.717) is 11.1 Å². The molecule has 0 atom stereocenters. The maximum atomic E-state index is 12.3. The summed E-state index contributed by atoms with van der Waals surface area (Å²) in [4.78, 5) is 36.1. The highest BCUT2D eigenvalue weighted by molar-refractivity contribution is 6.06. The number of benzene rings is 1. The first-order chi connectivity index (χ1) is 9.61. The van der Waals surface area contributed by atoms with Crippen molar-refractivity contribution in [2.45, 2.75) is 0 Å². The Labute approximate surface area is 115 Å². The molecule has 2 N–H and O–H groups in total. The number of carbonyl (C=O) groups is 3. The molecule has 2 rings (SSSR count). The molecular formula is C14H12N2O4. The summed E-state index contributed by atoms with van der Waals surface area (Å²) in [6.45, 7) is -0.633. The van der Waals surface area contributed by atoms with Crippen molar-refractivity contribution in [1.82, 2.24) is 10.2 Å². The third-order valence-electron chi connectivity index (χ3n) is 2.69. The van der Waals surface area contributed by atoms with Crippen molar-refractivity contribution in [3.8, 4) is 11.8 Å². The number of hydrogen-bond donors (Lipinski definition) is 2. The van der Waals surface area contributed by atoms with Crippen LogP contribution in [0.25, 0.3) is 0 Å². The SMILES string of the molecule is O=C1CN(C(=O)c2ccccc2C#CCO)CC(=O)N1. The lowest BCUT2D eigenvalue weighted by molar-refractivity contribution is -0.135. The van der Waals surface area contributed by atoms with E-state index in [1.807, 2.05) is 0 Å². The first-order valence-corrected chi connectivity index (χ1v) is 5.92. The van der Waals surface area contributed by atoms with Crippen molar-refractivity contribution >= 4 is 17.7 Å². The molecule has 6 nitrogen and oxygen atoms in total. The van der Waals surface area contributed by atoms with E-state index in [2.05, 4.69) is 17.2 Å². The first kappa shape index (κ1) is 13.8. The molecule has 1 aromatic carbocycles. The van der Waals surface area contributed by atoms with Gasteiger partial charge in [0.05, 0.1) is 5.56 Å². The van der Waals surface area contributed by atoms with E-state index in [1.54, 1.807) is 24.3 Å². The maximum absolute atomic E-state index is 12.3. The standard InChI is InChI=1S/C14H12N2O4/c17-7-3-5-10-4-1-2-6-11(10)14(20)16-8-12(18)15-13(19)9-16/h1-2,4,6,17H,7-9H2,(H,15,18,19). The lowest BCUT2D eigenvalue weighted by Gasteiger charge is -2.25. The number of nitrogens with zero attached hydrogens (tertiary/aromatic N) is 1. The van der Waals surface area contributed by atoms with Crippen LogP contribution < -0.4 is 5.32 Å². The number of rotatable bonds is 1. The van der Waals surface area contributed by atoms with Crippen molar-refractivity contribution in [3.63, 3.8) is 0 Å². The van der Waals surface area contributed by atoms with Gasteiger partial charge in [0.2, 0.25) is 11.8 Å². The van der Waals surface area contributed by atoms with Crippen LogP contribution in [0.3, 0.4) is 0 Å². The molecule has 1 aromatic rings. The van der Waals surface area contributed by atoms with Crippen molar-refractivity contribution in [3.05, 3.63) is 35.4 Å². The molecule has 0 spiro atoms. The average Bonchev–Trinajstić information content (AvgIpc) is 2.43. The molecule has 1 saturated heterocycles. The predicted molar refractivity (Wildman–Crippen MR) is 69.5 cm³/mol. The Morgan fingerprint density at radius 1 is 1.25 bits per heavy atom. The van der Waals surface area contributed by atoms with Gasteiger partial charge in [-0.2, -0.15) is 0 Å². The predicted octanol–water partition coefficient (Wildman–Crippen LogP) is -0.871. The Morgan fingerprint density at radius 2 is 1.90 bits per heavy atom. The van der Waals surface area contributed by atoms with Crippen molar-refractivity contribution in [1.29, 1.82) is 0 Å². The zero-order chi connectivity index (χ0) is 14.5. The van der Waals surface area contributed by atoms with Crippen LogP contribution in [0.15, 0.2) is 24.3 Å². The van der Waals surface area contributed by atoms with Crippen molar-refractivity contribution in [2.75, 3.05) is 19.7 Å². The van der Waals surface area contributed by atoms with Crippen molar-refractivity contribution in [2.24, 2.45) is 0 Å². The molecule has 1 heterocycles. The van der Waals surface area contributed by atoms with Gasteiger partial charge in [0, 0.05) is 5.56 Å². The Balaban J connectivity index is 2.29. The van der Waals surface area contributed by atoms with Gasteiger partial charge in [-0.25, -0.2) is 0 Å². The minimum absolute atomic E-state index is 0.160. The number of amides is 3. The largest absolute Gasteiger partial charge is 0.384 e. The third-order valence-corrected chi connectivity index (χ3v) is 2.69. The fraction of sp³-hybridized carbons (Fsp3) is 0.214. The zero-order valence-corrected chi connectivity index (χ0v) is 10.5. The van der Waals surface area contributed by atoms with Gasteiger partial charge in [-0.3, -0.25) is 19.7 Å². The number of imide groups is 1. The second-order valence-electron chi connectivity index (χ2n) is 4.14. The second kappa shape index (κ2) is 5.99. The van der Waals surface area contributed by atoms with Crippen molar-refractivity contribution < 1.29 is 19.5 Å². The normalized spacial score (nSPS) is 14.3. The van der Waals surface area contributed by atoms with Crippen LogP contribution in [-0.4, -0.2) is 47.4 Å². The highest BCUT2D eigenvalue weighted by Gasteiger charge is 2.27. The van der Waals surface area contributed by atoms with Crippen LogP contribution >= 0.6 is 0 Å². The highest BCUT2D eigenvalue weighted by atomic mass is 16.2. The molecule has 1 aliphatic rings. The minimum Gasteiger partial charge on any atom is -0.384 e. The summed E-state index contributed by atoms with van der Waals surface area (Å²) in [6.07, 6.45) is 0. The molecule has 3 amide bonds. The van der Waals surface area contributed by atoms with E-state index in [1.165, 1.54) is 4.90 Å². The summed E-state index contributed by atoms with van der Waals surface area (Å²) in [5.41, 5.74) is 0.751. The molecule has 0 radical (unpaired) electrons. The second-order valence-corrected chi connectivity index (χ2v) is 4.14. The fourth-order valence-electron chi connectivity index (χ4n) is 1.86. The Morgan fingerprint density at radius 3 is 2.55 bits per heavy atom. The first-order valence-electron chi connectivity index (χ1n) is 5.92. The highest BCUT2D eigenvalue weighted by Crippen LogP contribution is 2.12. The summed E-state index contributed by atoms with van der Waals surface area (Å²) >= 11 is 0. The van der Waals surface area contributed by atoms with Crippen LogP contribution in [0.1, 0.15) is 15.9 Å². The van der Waals surface area contributed by atoms with Crippen LogP contribution in [0.2, 0.25) is 0 Å². The molecular weight excluding hydrogens is 260 g/mol. The van der Waals surface area contributed by atoms with Crippen LogP contribution in [0.5, 0.6) is 0 Å². The summed E-state index contributed by atoms with van der Waals surface area (Å²) < 4.78 is 0. The van der Waals surface area contributed by atoms with Gasteiger partial charge in [-0.1, -0.05) is 24.0 Å². The Kier molecular flexibility index (Phi) is 4.13. The smallest absolute Gasteiger partial charge is 0.256 e. The molecule has 0 aliphatic carbocycles. The Bertz CT molecular complexity index is 612. The molecule has 0 bridgehead atoms. The van der Waals surface area contributed by atoms with Gasteiger partial charge < -0.3 is 10.0 Å². The minimum atomic E-state index is -0.506. The lowest BCUT2D eigenvalue weighted by atomic mass is 10.1. The van der Waals surface area contributed by atoms with Gasteiger partial charge in [-0.05, 0) is 12.1 Å². The Hall–Kier alpha value is -2.65. The quantitative estimate of drug-likeness (QED) is 0.514. The molecule has 102 valence electrons. The van der Waals surface area contributed by atoms with Crippen LogP contribution in [0, 0.1) is 11.8 Å². The number of aliphatic hydroxyl groups excluding tert-OH is 1. The molecule has 0 unspecified atom stereocenters. The van der Waals surface area contributed by atoms with E-state index in [-0.39, 0.29) is 19.7 Å². The fourth-order valence-corrected chi connectivity index (χ4v) is 1.86. The summed E-state index contributed by atoms with van der Waals surface area (Å²) in [5.74, 6) is 3.70. The molecule has 0 aromatic heterocycles. The molecule has 1 fully saturated rings. The van der Waals surface area contributed by atoms with E-state index >= 15 is 0 Å². The van der Waals surface area contributed by atoms with Gasteiger partial charge in [0.25, 0.3) is 5.91 Å². The maximum Gasteiger partial charge on any atom is 0.256 e. The van der Waals surface area contributed by atoms with Gasteiger partial charge >= 0.3 is 0 Å².